The Morgan fingerprint density at radius 2 is 2.00 bits per heavy atom. The van der Waals surface area contributed by atoms with Crippen LogP contribution >= 0.6 is 27.5 Å². The van der Waals surface area contributed by atoms with Gasteiger partial charge < -0.3 is 14.9 Å². The fourth-order valence-corrected chi connectivity index (χ4v) is 5.57. The van der Waals surface area contributed by atoms with Crippen LogP contribution in [-0.4, -0.2) is 54.3 Å². The zero-order valence-electron chi connectivity index (χ0n) is 14.4. The van der Waals surface area contributed by atoms with Gasteiger partial charge in [-0.2, -0.15) is 9.57 Å². The van der Waals surface area contributed by atoms with Crippen molar-refractivity contribution in [2.24, 2.45) is 0 Å². The first-order chi connectivity index (χ1) is 13.2. The summed E-state index contributed by atoms with van der Waals surface area (Å²) in [6.45, 7) is -1.17. The second-order valence-electron chi connectivity index (χ2n) is 6.38. The molecule has 1 aliphatic heterocycles. The van der Waals surface area contributed by atoms with Gasteiger partial charge in [-0.25, -0.2) is 8.42 Å². The molecular formula is C18H16BrClN2O5S. The van der Waals surface area contributed by atoms with Crippen LogP contribution in [0.2, 0.25) is 5.02 Å². The third-order valence-electron chi connectivity index (χ3n) is 4.46. The van der Waals surface area contributed by atoms with Crippen LogP contribution in [0.4, 0.5) is 0 Å². The third-order valence-corrected chi connectivity index (χ3v) is 7.50. The van der Waals surface area contributed by atoms with Gasteiger partial charge in [0.1, 0.15) is 17.5 Å². The van der Waals surface area contributed by atoms with Crippen LogP contribution in [0.25, 0.3) is 0 Å². The Morgan fingerprint density at radius 3 is 2.57 bits per heavy atom. The fraction of sp³-hybridized carbons (Fsp3) is 0.278. The van der Waals surface area contributed by atoms with E-state index in [2.05, 4.69) is 15.9 Å². The number of β-amino-alcohol motifs (C(OH)–C–C–N with tert-alkyl or cyclic N) is 1. The highest BCUT2D eigenvalue weighted by atomic mass is 79.9. The molecule has 2 N–H and O–H groups in total. The summed E-state index contributed by atoms with van der Waals surface area (Å²) in [5, 5.41) is 29.9. The standard InChI is InChI=1S/C18H16BrClN2O5S/c19-15-7-12(8-21)1-6-16(15)28(25,26)22-9-17(18(24,10-22)11-23)27-14-4-2-13(20)3-5-14/h1-7,17,23-24H,9-11H2/t17-,18+/m0/s1. The van der Waals surface area contributed by atoms with E-state index in [-0.39, 0.29) is 22.5 Å². The number of nitrogens with zero attached hydrogens (tertiary/aromatic N) is 2. The normalized spacial score (nSPS) is 22.8. The van der Waals surface area contributed by atoms with E-state index in [1.165, 1.54) is 18.2 Å². The molecule has 1 fully saturated rings. The average Bonchev–Trinajstić information content (AvgIpc) is 3.01. The van der Waals surface area contributed by atoms with E-state index in [0.717, 1.165) is 4.31 Å². The average molecular weight is 488 g/mol. The lowest BCUT2D eigenvalue weighted by Gasteiger charge is -2.27. The van der Waals surface area contributed by atoms with Crippen molar-refractivity contribution < 1.29 is 23.4 Å². The molecule has 0 amide bonds. The molecule has 28 heavy (non-hydrogen) atoms. The minimum atomic E-state index is -4.00. The molecule has 7 nitrogen and oxygen atoms in total. The van der Waals surface area contributed by atoms with Gasteiger partial charge in [0, 0.05) is 16.0 Å². The number of aliphatic hydroxyl groups excluding tert-OH is 1. The van der Waals surface area contributed by atoms with Crippen LogP contribution in [0.1, 0.15) is 5.56 Å². The molecule has 3 rings (SSSR count). The topological polar surface area (TPSA) is 111 Å². The number of hydrogen-bond acceptors (Lipinski definition) is 6. The van der Waals surface area contributed by atoms with E-state index in [1.54, 1.807) is 24.3 Å². The molecule has 0 saturated carbocycles. The fourth-order valence-electron chi connectivity index (χ4n) is 2.90. The minimum Gasteiger partial charge on any atom is -0.486 e. The number of benzene rings is 2. The Hall–Kier alpha value is -1.67. The second kappa shape index (κ2) is 7.99. The highest BCUT2D eigenvalue weighted by Gasteiger charge is 2.51. The lowest BCUT2D eigenvalue weighted by molar-refractivity contribution is -0.0640. The Morgan fingerprint density at radius 1 is 1.32 bits per heavy atom. The summed E-state index contributed by atoms with van der Waals surface area (Å²) in [7, 11) is -4.00. The van der Waals surface area contributed by atoms with E-state index >= 15 is 0 Å². The highest BCUT2D eigenvalue weighted by Crippen LogP contribution is 2.33. The first-order valence-corrected chi connectivity index (χ1v) is 10.8. The molecule has 10 heteroatoms. The molecule has 1 heterocycles. The molecule has 0 radical (unpaired) electrons. The van der Waals surface area contributed by atoms with Crippen molar-refractivity contribution in [1.29, 1.82) is 5.26 Å². The Kier molecular flexibility index (Phi) is 6.00. The van der Waals surface area contributed by atoms with Crippen LogP contribution in [0.3, 0.4) is 0 Å². The summed E-state index contributed by atoms with van der Waals surface area (Å²) in [5.41, 5.74) is -1.46. The molecule has 2 atom stereocenters. The Bertz CT molecular complexity index is 1030. The lowest BCUT2D eigenvalue weighted by atomic mass is 10.0. The van der Waals surface area contributed by atoms with Crippen molar-refractivity contribution in [2.45, 2.75) is 16.6 Å². The van der Waals surface area contributed by atoms with E-state index in [1.807, 2.05) is 6.07 Å². The SMILES string of the molecule is N#Cc1ccc(S(=O)(=O)N2C[C@H](Oc3ccc(Cl)cc3)[C@](O)(CO)C2)c(Br)c1. The minimum absolute atomic E-state index is 0.0427. The maximum Gasteiger partial charge on any atom is 0.244 e. The molecule has 1 aliphatic rings. The number of sulfonamides is 1. The number of halogens is 2. The van der Waals surface area contributed by atoms with E-state index in [9.17, 15) is 18.6 Å². The van der Waals surface area contributed by atoms with Gasteiger partial charge in [0.2, 0.25) is 10.0 Å². The summed E-state index contributed by atoms with van der Waals surface area (Å²) >= 11 is 9.02. The van der Waals surface area contributed by atoms with Gasteiger partial charge >= 0.3 is 0 Å². The molecule has 0 unspecified atom stereocenters. The number of ether oxygens (including phenoxy) is 1. The molecular weight excluding hydrogens is 472 g/mol. The third kappa shape index (κ3) is 4.03. The van der Waals surface area contributed by atoms with Gasteiger partial charge in [-0.3, -0.25) is 0 Å². The number of nitriles is 1. The number of rotatable bonds is 5. The van der Waals surface area contributed by atoms with E-state index < -0.39 is 28.3 Å². The Labute approximate surface area is 175 Å². The zero-order valence-corrected chi connectivity index (χ0v) is 17.6. The van der Waals surface area contributed by atoms with Crippen molar-refractivity contribution in [3.63, 3.8) is 0 Å². The molecule has 148 valence electrons. The first-order valence-electron chi connectivity index (χ1n) is 8.15. The summed E-state index contributed by atoms with van der Waals surface area (Å²) in [6, 6.07) is 12.5. The summed E-state index contributed by atoms with van der Waals surface area (Å²) in [4.78, 5) is -0.0427. The smallest absolute Gasteiger partial charge is 0.244 e. The van der Waals surface area contributed by atoms with Crippen molar-refractivity contribution in [1.82, 2.24) is 4.31 Å². The number of hydrogen-bond donors (Lipinski definition) is 2. The summed E-state index contributed by atoms with van der Waals surface area (Å²) < 4.78 is 33.1. The lowest BCUT2D eigenvalue weighted by Crippen LogP contribution is -2.48. The molecule has 0 aliphatic carbocycles. The van der Waals surface area contributed by atoms with E-state index in [4.69, 9.17) is 21.6 Å². The van der Waals surface area contributed by atoms with Crippen LogP contribution in [0.15, 0.2) is 51.8 Å². The molecule has 0 spiro atoms. The van der Waals surface area contributed by atoms with Gasteiger partial charge in [0.05, 0.1) is 29.7 Å². The Balaban J connectivity index is 1.89. The predicted octanol–water partition coefficient (Wildman–Crippen LogP) is 2.15. The molecule has 2 aromatic carbocycles. The maximum atomic E-state index is 13.0. The monoisotopic (exact) mass is 486 g/mol. The van der Waals surface area contributed by atoms with E-state index in [0.29, 0.717) is 16.3 Å². The zero-order chi connectivity index (χ0) is 20.5. The van der Waals surface area contributed by atoms with Crippen LogP contribution < -0.4 is 4.74 Å². The van der Waals surface area contributed by atoms with Gasteiger partial charge in [-0.15, -0.1) is 0 Å². The van der Waals surface area contributed by atoms with Crippen LogP contribution in [-0.2, 0) is 10.0 Å². The van der Waals surface area contributed by atoms with Crippen LogP contribution in [0, 0.1) is 11.3 Å². The highest BCUT2D eigenvalue weighted by molar-refractivity contribution is 9.10. The molecule has 0 bridgehead atoms. The summed E-state index contributed by atoms with van der Waals surface area (Å²) in [5.74, 6) is 0.389. The maximum absolute atomic E-state index is 13.0. The molecule has 1 saturated heterocycles. The molecule has 0 aromatic heterocycles. The van der Waals surface area contributed by atoms with Gasteiger partial charge in [0.25, 0.3) is 0 Å². The van der Waals surface area contributed by atoms with Crippen molar-refractivity contribution in [3.05, 3.63) is 57.5 Å². The van der Waals surface area contributed by atoms with Gasteiger partial charge in [-0.05, 0) is 58.4 Å². The second-order valence-corrected chi connectivity index (χ2v) is 9.57. The quantitative estimate of drug-likeness (QED) is 0.669. The van der Waals surface area contributed by atoms with Crippen molar-refractivity contribution in [3.8, 4) is 11.8 Å². The molecule has 2 aromatic rings. The van der Waals surface area contributed by atoms with Gasteiger partial charge in [-0.1, -0.05) is 11.6 Å². The predicted molar refractivity (Wildman–Crippen MR) is 106 cm³/mol. The van der Waals surface area contributed by atoms with Crippen LogP contribution in [0.5, 0.6) is 5.75 Å². The largest absolute Gasteiger partial charge is 0.486 e. The van der Waals surface area contributed by atoms with Crippen molar-refractivity contribution >= 4 is 37.6 Å². The van der Waals surface area contributed by atoms with Crippen molar-refractivity contribution in [2.75, 3.05) is 19.7 Å². The first kappa shape index (κ1) is 21.0. The van der Waals surface area contributed by atoms with Gasteiger partial charge in [0.15, 0.2) is 0 Å². The summed E-state index contributed by atoms with van der Waals surface area (Å²) in [6.07, 6.45) is -0.981. The number of aliphatic hydroxyl groups is 2.